The van der Waals surface area contributed by atoms with E-state index >= 15 is 0 Å². The van der Waals surface area contributed by atoms with Crippen LogP contribution < -0.4 is 5.32 Å². The van der Waals surface area contributed by atoms with Gasteiger partial charge in [0, 0.05) is 25.0 Å². The number of aromatic nitrogens is 4. The number of hydrogen-bond acceptors (Lipinski definition) is 6. The first-order valence-corrected chi connectivity index (χ1v) is 20.5. The lowest BCUT2D eigenvalue weighted by atomic mass is 10.0. The Bertz CT molecular complexity index is 2160. The normalized spacial score (nSPS) is 21.3. The average molecular weight is 769 g/mol. The van der Waals surface area contributed by atoms with Gasteiger partial charge < -0.3 is 30.2 Å². The van der Waals surface area contributed by atoms with Gasteiger partial charge in [-0.15, -0.1) is 0 Å². The maximum atomic E-state index is 14.2. The fraction of sp³-hybridized carbons (Fsp3) is 0.400. The zero-order valence-corrected chi connectivity index (χ0v) is 32.7. The second-order valence-electron chi connectivity index (χ2n) is 15.6. The van der Waals surface area contributed by atoms with Crippen LogP contribution in [0.25, 0.3) is 33.6 Å². The molecule has 2 aromatic heterocycles. The van der Waals surface area contributed by atoms with Gasteiger partial charge >= 0.3 is 6.09 Å². The van der Waals surface area contributed by atoms with Gasteiger partial charge in [-0.25, -0.2) is 14.8 Å². The number of hydrogen-bond donors (Lipinski definition) is 4. The van der Waals surface area contributed by atoms with E-state index in [-0.39, 0.29) is 41.9 Å². The van der Waals surface area contributed by atoms with Crippen molar-refractivity contribution < 1.29 is 19.5 Å². The highest BCUT2D eigenvalue weighted by molar-refractivity contribution is 5.84. The van der Waals surface area contributed by atoms with Crippen molar-refractivity contribution in [3.05, 3.63) is 108 Å². The highest BCUT2D eigenvalue weighted by Crippen LogP contribution is 2.38. The van der Waals surface area contributed by atoms with Gasteiger partial charge in [-0.2, -0.15) is 0 Å². The molecule has 0 unspecified atom stereocenters. The van der Waals surface area contributed by atoms with Gasteiger partial charge in [-0.05, 0) is 85.9 Å². The molecule has 12 nitrogen and oxygen atoms in total. The van der Waals surface area contributed by atoms with E-state index in [0.29, 0.717) is 25.8 Å². The van der Waals surface area contributed by atoms with Crippen LogP contribution >= 0.6 is 0 Å². The number of nitrogens with zero attached hydrogens (tertiary/aromatic N) is 5. The third-order valence-corrected chi connectivity index (χ3v) is 12.3. The first kappa shape index (κ1) is 38.1. The Labute approximate surface area is 333 Å². The van der Waals surface area contributed by atoms with E-state index in [1.807, 2.05) is 40.4 Å². The zero-order valence-electron chi connectivity index (χ0n) is 32.7. The van der Waals surface area contributed by atoms with Crippen molar-refractivity contribution in [1.82, 2.24) is 40.0 Å². The van der Waals surface area contributed by atoms with Crippen LogP contribution in [0.5, 0.6) is 0 Å². The number of aromatic amines is 2. The number of carbonyl (C=O) groups is 3. The van der Waals surface area contributed by atoms with Crippen LogP contribution in [-0.2, 0) is 9.59 Å². The summed E-state index contributed by atoms with van der Waals surface area (Å²) in [5.41, 5.74) is 7.09. The second kappa shape index (κ2) is 16.8. The Morgan fingerprint density at radius 1 is 0.737 bits per heavy atom. The Hall–Kier alpha value is -5.75. The molecule has 1 saturated carbocycles. The predicted octanol–water partition coefficient (Wildman–Crippen LogP) is 7.98. The van der Waals surface area contributed by atoms with Crippen molar-refractivity contribution in [1.29, 1.82) is 0 Å². The molecule has 2 saturated heterocycles. The third-order valence-electron chi connectivity index (χ3n) is 12.3. The van der Waals surface area contributed by atoms with Gasteiger partial charge in [0.2, 0.25) is 11.8 Å². The van der Waals surface area contributed by atoms with Gasteiger partial charge in [0.15, 0.2) is 0 Å². The lowest BCUT2D eigenvalue weighted by Crippen LogP contribution is -2.43. The largest absolute Gasteiger partial charge is 0.465 e. The van der Waals surface area contributed by atoms with Crippen molar-refractivity contribution in [3.8, 4) is 33.6 Å². The minimum absolute atomic E-state index is 0.0916. The maximum absolute atomic E-state index is 14.2. The van der Waals surface area contributed by atoms with E-state index in [2.05, 4.69) is 94.7 Å². The number of rotatable bonds is 12. The molecule has 0 spiro atoms. The number of carbonyl (C=O) groups excluding carboxylic acids is 2. The fourth-order valence-electron chi connectivity index (χ4n) is 9.26. The predicted molar refractivity (Wildman–Crippen MR) is 219 cm³/mol. The summed E-state index contributed by atoms with van der Waals surface area (Å²) in [5.74, 6) is 1.69. The van der Waals surface area contributed by atoms with Crippen LogP contribution in [0.4, 0.5) is 4.79 Å². The van der Waals surface area contributed by atoms with Crippen LogP contribution in [0.2, 0.25) is 0 Å². The van der Waals surface area contributed by atoms with E-state index in [9.17, 15) is 14.4 Å². The quantitative estimate of drug-likeness (QED) is 0.101. The zero-order chi connectivity index (χ0) is 39.5. The molecule has 4 N–H and O–H groups in total. The smallest absolute Gasteiger partial charge is 0.404 e. The highest BCUT2D eigenvalue weighted by Gasteiger charge is 2.40. The fourth-order valence-corrected chi connectivity index (χ4v) is 9.26. The first-order valence-electron chi connectivity index (χ1n) is 20.5. The lowest BCUT2D eigenvalue weighted by Gasteiger charge is -2.34. The van der Waals surface area contributed by atoms with Crippen LogP contribution in [0.3, 0.4) is 0 Å². The topological polar surface area (TPSA) is 151 Å². The second-order valence-corrected chi connectivity index (χ2v) is 15.6. The number of H-pyrrole nitrogens is 2. The summed E-state index contributed by atoms with van der Waals surface area (Å²) < 4.78 is 0. The van der Waals surface area contributed by atoms with E-state index in [0.717, 1.165) is 96.2 Å². The van der Waals surface area contributed by atoms with Crippen molar-refractivity contribution >= 4 is 17.9 Å². The average Bonchev–Trinajstić information content (AvgIpc) is 4.09. The molecule has 3 aliphatic rings. The van der Waals surface area contributed by atoms with Crippen molar-refractivity contribution in [2.75, 3.05) is 26.2 Å². The van der Waals surface area contributed by atoms with E-state index < -0.39 is 6.09 Å². The summed E-state index contributed by atoms with van der Waals surface area (Å²) in [6, 6.07) is 26.3. The van der Waals surface area contributed by atoms with Crippen LogP contribution in [0, 0.1) is 5.92 Å². The van der Waals surface area contributed by atoms with Gasteiger partial charge in [0.05, 0.1) is 35.9 Å². The summed E-state index contributed by atoms with van der Waals surface area (Å²) in [5, 5.41) is 11.6. The van der Waals surface area contributed by atoms with Gasteiger partial charge in [-0.1, -0.05) is 92.7 Å². The molecule has 2 aliphatic heterocycles. The van der Waals surface area contributed by atoms with Crippen LogP contribution in [-0.4, -0.2) is 89.9 Å². The van der Waals surface area contributed by atoms with Gasteiger partial charge in [0.25, 0.3) is 0 Å². The molecule has 3 aromatic carbocycles. The Balaban J connectivity index is 0.913. The molecule has 12 heteroatoms. The van der Waals surface area contributed by atoms with E-state index in [1.165, 1.54) is 0 Å². The molecule has 0 bridgehead atoms. The van der Waals surface area contributed by atoms with Crippen molar-refractivity contribution in [2.45, 2.75) is 83.0 Å². The molecular formula is C45H52N8O4. The summed E-state index contributed by atoms with van der Waals surface area (Å²) in [7, 11) is 0. The van der Waals surface area contributed by atoms with Gasteiger partial charge in [0.1, 0.15) is 17.7 Å². The summed E-state index contributed by atoms with van der Waals surface area (Å²) in [6.07, 6.45) is 8.21. The molecule has 5 aromatic rings. The lowest BCUT2D eigenvalue weighted by molar-refractivity contribution is -0.138. The SMILES string of the molecule is CCN(CC)[C@@H](C(=O)N1CCC[C@H]1c1ncc(-c2ccc(-c3ccc(-c4cnc([C@@H]5CCCN5C(=O)[C@@H]5CC[C@H](NC(=O)O)C5)[nH]4)cc3)cc2)[nH]1)c1ccccc1. The minimum atomic E-state index is -1.04. The number of amides is 3. The highest BCUT2D eigenvalue weighted by atomic mass is 16.4. The monoisotopic (exact) mass is 768 g/mol. The number of nitrogens with one attached hydrogen (secondary N) is 3. The number of likely N-dealkylation sites (N-methyl/N-ethyl adjacent to an activating group) is 1. The van der Waals surface area contributed by atoms with Gasteiger partial charge in [-0.3, -0.25) is 14.5 Å². The molecule has 4 heterocycles. The molecule has 0 radical (unpaired) electrons. The number of likely N-dealkylation sites (tertiary alicyclic amines) is 2. The van der Waals surface area contributed by atoms with Crippen molar-refractivity contribution in [3.63, 3.8) is 0 Å². The van der Waals surface area contributed by atoms with Crippen molar-refractivity contribution in [2.24, 2.45) is 5.92 Å². The number of benzene rings is 3. The minimum Gasteiger partial charge on any atom is -0.465 e. The summed E-state index contributed by atoms with van der Waals surface area (Å²) in [4.78, 5) is 61.6. The molecule has 57 heavy (non-hydrogen) atoms. The molecular weight excluding hydrogens is 717 g/mol. The van der Waals surface area contributed by atoms with E-state index in [4.69, 9.17) is 15.1 Å². The van der Waals surface area contributed by atoms with Crippen LogP contribution in [0.15, 0.2) is 91.3 Å². The molecule has 3 fully saturated rings. The Kier molecular flexibility index (Phi) is 11.2. The Morgan fingerprint density at radius 2 is 1.26 bits per heavy atom. The first-order chi connectivity index (χ1) is 27.8. The molecule has 1 aliphatic carbocycles. The third kappa shape index (κ3) is 7.96. The summed E-state index contributed by atoms with van der Waals surface area (Å²) in [6.45, 7) is 7.22. The molecule has 5 atom stereocenters. The number of imidazole rings is 2. The number of carboxylic acid groups (broad SMARTS) is 1. The molecule has 296 valence electrons. The standard InChI is InChI=1S/C45H52N8O4/c1-3-51(4-2)40(33-10-6-5-7-11-33)44(55)53-25-9-13-39(53)42-47-28-37(50-42)32-20-16-30(17-21-32)29-14-18-31(19-15-29)36-27-46-41(49-36)38-12-8-24-52(38)43(54)34-22-23-35(26-34)48-45(56)57/h5-7,10-11,14-21,27-28,34-35,38-40,48H,3-4,8-9,12-13,22-26H2,1-2H3,(H,46,49)(H,47,50)(H,56,57)/t34-,35+,38+,39+,40-/m1/s1. The van der Waals surface area contributed by atoms with E-state index in [1.54, 1.807) is 0 Å². The maximum Gasteiger partial charge on any atom is 0.404 e. The Morgan fingerprint density at radius 3 is 1.81 bits per heavy atom. The summed E-state index contributed by atoms with van der Waals surface area (Å²) >= 11 is 0. The van der Waals surface area contributed by atoms with Crippen LogP contribution in [0.1, 0.15) is 94.1 Å². The molecule has 3 amide bonds. The molecule has 8 rings (SSSR count).